The van der Waals surface area contributed by atoms with Crippen molar-refractivity contribution in [2.75, 3.05) is 13.6 Å². The molecule has 0 radical (unpaired) electrons. The van der Waals surface area contributed by atoms with E-state index in [0.29, 0.717) is 11.8 Å². The molecule has 1 N–H and O–H groups in total. The molecule has 2 heteroatoms. The number of hydrogen-bond donors (Lipinski definition) is 1. The van der Waals surface area contributed by atoms with Gasteiger partial charge in [-0.2, -0.15) is 0 Å². The van der Waals surface area contributed by atoms with Crippen molar-refractivity contribution in [2.24, 2.45) is 11.8 Å². The van der Waals surface area contributed by atoms with Gasteiger partial charge in [-0.3, -0.25) is 0 Å². The monoisotopic (exact) mass is 237 g/mol. The van der Waals surface area contributed by atoms with Gasteiger partial charge in [0.1, 0.15) is 5.82 Å². The largest absolute Gasteiger partial charge is 0.319 e. The second-order valence-corrected chi connectivity index (χ2v) is 4.69. The van der Waals surface area contributed by atoms with Gasteiger partial charge in [-0.25, -0.2) is 4.39 Å². The van der Waals surface area contributed by atoms with Crippen molar-refractivity contribution < 1.29 is 4.39 Å². The summed E-state index contributed by atoms with van der Waals surface area (Å²) in [6.45, 7) is 5.40. The van der Waals surface area contributed by atoms with Crippen LogP contribution in [0.2, 0.25) is 0 Å². The lowest BCUT2D eigenvalue weighted by Crippen LogP contribution is -2.27. The van der Waals surface area contributed by atoms with Crippen LogP contribution in [0.1, 0.15) is 32.3 Å². The molecule has 0 heterocycles. The summed E-state index contributed by atoms with van der Waals surface area (Å²) in [5.74, 6) is 1.12. The minimum atomic E-state index is -0.0699. The SMILES string of the molecule is CCC(CC)C(CNC)Cc1ccccc1F. The Morgan fingerprint density at radius 2 is 1.76 bits per heavy atom. The first kappa shape index (κ1) is 14.2. The van der Waals surface area contributed by atoms with E-state index in [9.17, 15) is 4.39 Å². The highest BCUT2D eigenvalue weighted by atomic mass is 19.1. The number of nitrogens with one attached hydrogen (secondary N) is 1. The highest BCUT2D eigenvalue weighted by molar-refractivity contribution is 5.18. The van der Waals surface area contributed by atoms with Crippen LogP contribution >= 0.6 is 0 Å². The summed E-state index contributed by atoms with van der Waals surface area (Å²) in [6.07, 6.45) is 3.16. The van der Waals surface area contributed by atoms with Crippen molar-refractivity contribution in [3.05, 3.63) is 35.6 Å². The van der Waals surface area contributed by atoms with Gasteiger partial charge in [0.2, 0.25) is 0 Å². The van der Waals surface area contributed by atoms with Crippen molar-refractivity contribution in [1.29, 1.82) is 0 Å². The molecule has 1 aromatic carbocycles. The minimum absolute atomic E-state index is 0.0699. The van der Waals surface area contributed by atoms with Crippen molar-refractivity contribution in [2.45, 2.75) is 33.1 Å². The normalized spacial score (nSPS) is 13.0. The van der Waals surface area contributed by atoms with Gasteiger partial charge in [0.05, 0.1) is 0 Å². The van der Waals surface area contributed by atoms with Gasteiger partial charge < -0.3 is 5.32 Å². The maximum Gasteiger partial charge on any atom is 0.126 e. The molecule has 1 unspecified atom stereocenters. The van der Waals surface area contributed by atoms with Crippen molar-refractivity contribution in [3.63, 3.8) is 0 Å². The molecule has 1 nitrogen and oxygen atoms in total. The van der Waals surface area contributed by atoms with Crippen LogP contribution in [0.25, 0.3) is 0 Å². The predicted octanol–water partition coefficient (Wildman–Crippen LogP) is 3.64. The van der Waals surface area contributed by atoms with E-state index < -0.39 is 0 Å². The third-order valence-electron chi connectivity index (χ3n) is 3.62. The summed E-state index contributed by atoms with van der Waals surface area (Å²) in [4.78, 5) is 0. The average Bonchev–Trinajstić information content (AvgIpc) is 2.34. The van der Waals surface area contributed by atoms with E-state index in [4.69, 9.17) is 0 Å². The number of benzene rings is 1. The fourth-order valence-corrected chi connectivity index (χ4v) is 2.57. The standard InChI is InChI=1S/C15H24FN/c1-4-12(5-2)14(11-17-3)10-13-8-6-7-9-15(13)16/h6-9,12,14,17H,4-5,10-11H2,1-3H3. The van der Waals surface area contributed by atoms with Gasteiger partial charge in [-0.05, 0) is 43.5 Å². The third-order valence-corrected chi connectivity index (χ3v) is 3.62. The first-order valence-corrected chi connectivity index (χ1v) is 6.60. The van der Waals surface area contributed by atoms with Crippen molar-refractivity contribution >= 4 is 0 Å². The molecule has 0 spiro atoms. The van der Waals surface area contributed by atoms with E-state index in [1.54, 1.807) is 12.1 Å². The Kier molecular flexibility index (Phi) is 6.20. The van der Waals surface area contributed by atoms with Gasteiger partial charge in [-0.15, -0.1) is 0 Å². The van der Waals surface area contributed by atoms with Crippen LogP contribution < -0.4 is 5.32 Å². The molecule has 0 aliphatic carbocycles. The molecular formula is C15H24FN. The van der Waals surface area contributed by atoms with Crippen LogP contribution in [0.5, 0.6) is 0 Å². The highest BCUT2D eigenvalue weighted by Crippen LogP contribution is 2.24. The summed E-state index contributed by atoms with van der Waals surface area (Å²) in [6, 6.07) is 7.13. The van der Waals surface area contributed by atoms with Gasteiger partial charge in [-0.1, -0.05) is 44.9 Å². The lowest BCUT2D eigenvalue weighted by atomic mass is 9.83. The molecule has 0 fully saturated rings. The van der Waals surface area contributed by atoms with E-state index in [2.05, 4.69) is 19.2 Å². The fourth-order valence-electron chi connectivity index (χ4n) is 2.57. The zero-order valence-electron chi connectivity index (χ0n) is 11.2. The Balaban J connectivity index is 2.75. The highest BCUT2D eigenvalue weighted by Gasteiger charge is 2.19. The Bertz CT molecular complexity index is 320. The molecule has 1 aromatic rings. The molecule has 0 aliphatic rings. The van der Waals surface area contributed by atoms with Crippen LogP contribution in [0.4, 0.5) is 4.39 Å². The smallest absolute Gasteiger partial charge is 0.126 e. The predicted molar refractivity (Wildman–Crippen MR) is 71.6 cm³/mol. The van der Waals surface area contributed by atoms with Gasteiger partial charge >= 0.3 is 0 Å². The molecule has 0 saturated carbocycles. The number of hydrogen-bond acceptors (Lipinski definition) is 1. The first-order valence-electron chi connectivity index (χ1n) is 6.60. The number of rotatable bonds is 7. The molecule has 0 saturated heterocycles. The van der Waals surface area contributed by atoms with E-state index in [1.807, 2.05) is 19.2 Å². The zero-order chi connectivity index (χ0) is 12.7. The molecule has 96 valence electrons. The van der Waals surface area contributed by atoms with Crippen LogP contribution in [0.15, 0.2) is 24.3 Å². The van der Waals surface area contributed by atoms with Crippen LogP contribution in [-0.2, 0) is 6.42 Å². The van der Waals surface area contributed by atoms with E-state index in [0.717, 1.165) is 31.4 Å². The van der Waals surface area contributed by atoms with E-state index >= 15 is 0 Å². The Morgan fingerprint density at radius 1 is 1.12 bits per heavy atom. The summed E-state index contributed by atoms with van der Waals surface area (Å²) < 4.78 is 13.6. The quantitative estimate of drug-likeness (QED) is 0.763. The molecular weight excluding hydrogens is 213 g/mol. The Hall–Kier alpha value is -0.890. The van der Waals surface area contributed by atoms with Crippen molar-refractivity contribution in [3.8, 4) is 0 Å². The third kappa shape index (κ3) is 4.12. The lowest BCUT2D eigenvalue weighted by molar-refractivity contribution is 0.301. The topological polar surface area (TPSA) is 12.0 Å². The maximum absolute atomic E-state index is 13.6. The Labute approximate surface area is 104 Å². The minimum Gasteiger partial charge on any atom is -0.319 e. The molecule has 0 bridgehead atoms. The fraction of sp³-hybridized carbons (Fsp3) is 0.600. The summed E-state index contributed by atoms with van der Waals surface area (Å²) in [7, 11) is 1.97. The van der Waals surface area contributed by atoms with E-state index in [1.165, 1.54) is 0 Å². The maximum atomic E-state index is 13.6. The number of halogens is 1. The summed E-state index contributed by atoms with van der Waals surface area (Å²) in [5, 5.41) is 3.23. The summed E-state index contributed by atoms with van der Waals surface area (Å²) in [5.41, 5.74) is 0.847. The second-order valence-electron chi connectivity index (χ2n) is 4.69. The van der Waals surface area contributed by atoms with Crippen molar-refractivity contribution in [1.82, 2.24) is 5.32 Å². The van der Waals surface area contributed by atoms with Crippen LogP contribution in [0.3, 0.4) is 0 Å². The molecule has 0 aliphatic heterocycles. The molecule has 0 amide bonds. The second kappa shape index (κ2) is 7.44. The average molecular weight is 237 g/mol. The van der Waals surface area contributed by atoms with Crippen LogP contribution in [-0.4, -0.2) is 13.6 Å². The van der Waals surface area contributed by atoms with Crippen LogP contribution in [0, 0.1) is 17.7 Å². The molecule has 0 aromatic heterocycles. The van der Waals surface area contributed by atoms with Gasteiger partial charge in [0, 0.05) is 0 Å². The van der Waals surface area contributed by atoms with Gasteiger partial charge in [0.15, 0.2) is 0 Å². The molecule has 17 heavy (non-hydrogen) atoms. The first-order chi connectivity index (χ1) is 8.22. The molecule has 1 rings (SSSR count). The lowest BCUT2D eigenvalue weighted by Gasteiger charge is -2.25. The van der Waals surface area contributed by atoms with Gasteiger partial charge in [0.25, 0.3) is 0 Å². The zero-order valence-corrected chi connectivity index (χ0v) is 11.2. The molecule has 1 atom stereocenters. The van der Waals surface area contributed by atoms with E-state index in [-0.39, 0.29) is 5.82 Å². The Morgan fingerprint density at radius 3 is 2.29 bits per heavy atom. The summed E-state index contributed by atoms with van der Waals surface area (Å²) >= 11 is 0.